The predicted octanol–water partition coefficient (Wildman–Crippen LogP) is 6.28. The van der Waals surface area contributed by atoms with Crippen molar-refractivity contribution in [2.24, 2.45) is 0 Å². The summed E-state index contributed by atoms with van der Waals surface area (Å²) in [6, 6.07) is 0. The van der Waals surface area contributed by atoms with Crippen LogP contribution in [0.2, 0.25) is 0 Å². The third-order valence-electron chi connectivity index (χ3n) is 5.22. The van der Waals surface area contributed by atoms with Gasteiger partial charge in [-0.2, -0.15) is 8.42 Å². The van der Waals surface area contributed by atoms with Crippen LogP contribution in [0, 0.1) is 0 Å². The Balaban J connectivity index is 3.36. The molecule has 0 bridgehead atoms. The van der Waals surface area contributed by atoms with Crippen LogP contribution in [0.1, 0.15) is 123 Å². The van der Waals surface area contributed by atoms with Crippen LogP contribution in [-0.2, 0) is 10.1 Å². The molecule has 0 aliphatic carbocycles. The second-order valence-corrected chi connectivity index (χ2v) is 9.53. The summed E-state index contributed by atoms with van der Waals surface area (Å²) in [5.41, 5.74) is 0. The molecular formula is C21H44O4S. The van der Waals surface area contributed by atoms with E-state index >= 15 is 0 Å². The van der Waals surface area contributed by atoms with E-state index in [1.54, 1.807) is 0 Å². The highest BCUT2D eigenvalue weighted by Crippen LogP contribution is 2.17. The lowest BCUT2D eigenvalue weighted by molar-refractivity contribution is 0.150. The van der Waals surface area contributed by atoms with Gasteiger partial charge in [-0.3, -0.25) is 4.55 Å². The molecule has 0 saturated heterocycles. The third-order valence-corrected chi connectivity index (χ3v) is 6.53. The summed E-state index contributed by atoms with van der Waals surface area (Å²) in [5.74, 6) is 0. The van der Waals surface area contributed by atoms with Crippen molar-refractivity contribution in [3.05, 3.63) is 0 Å². The molecule has 0 saturated carbocycles. The Morgan fingerprint density at radius 3 is 1.38 bits per heavy atom. The van der Waals surface area contributed by atoms with Crippen LogP contribution in [0.5, 0.6) is 0 Å². The normalized spacial score (nSPS) is 14.5. The number of rotatable bonds is 19. The second-order valence-electron chi connectivity index (χ2n) is 7.83. The Labute approximate surface area is 162 Å². The van der Waals surface area contributed by atoms with Gasteiger partial charge in [0.05, 0.1) is 11.4 Å². The molecule has 0 fully saturated rings. The Bertz CT molecular complexity index is 395. The van der Waals surface area contributed by atoms with Crippen LogP contribution in [-0.4, -0.2) is 29.4 Å². The molecule has 5 heteroatoms. The van der Waals surface area contributed by atoms with Gasteiger partial charge in [0, 0.05) is 0 Å². The Morgan fingerprint density at radius 2 is 1.00 bits per heavy atom. The first-order valence-corrected chi connectivity index (χ1v) is 12.6. The topological polar surface area (TPSA) is 74.6 Å². The van der Waals surface area contributed by atoms with Crippen molar-refractivity contribution in [3.63, 3.8) is 0 Å². The lowest BCUT2D eigenvalue weighted by Gasteiger charge is -2.12. The summed E-state index contributed by atoms with van der Waals surface area (Å²) in [4.78, 5) is 0. The molecule has 0 aliphatic heterocycles. The molecule has 0 aromatic rings. The molecule has 2 N–H and O–H groups in total. The van der Waals surface area contributed by atoms with Gasteiger partial charge in [0.15, 0.2) is 0 Å². The third kappa shape index (κ3) is 16.1. The highest BCUT2D eigenvalue weighted by atomic mass is 32.2. The van der Waals surface area contributed by atoms with E-state index in [0.29, 0.717) is 12.8 Å². The minimum absolute atomic E-state index is 0.0882. The van der Waals surface area contributed by atoms with E-state index in [2.05, 4.69) is 6.92 Å². The van der Waals surface area contributed by atoms with Crippen LogP contribution in [0.3, 0.4) is 0 Å². The van der Waals surface area contributed by atoms with Crippen LogP contribution in [0.4, 0.5) is 0 Å². The quantitative estimate of drug-likeness (QED) is 0.200. The molecule has 0 amide bonds. The van der Waals surface area contributed by atoms with Gasteiger partial charge in [0.2, 0.25) is 0 Å². The molecule has 0 heterocycles. The van der Waals surface area contributed by atoms with Crippen molar-refractivity contribution in [1.82, 2.24) is 0 Å². The van der Waals surface area contributed by atoms with Gasteiger partial charge in [-0.1, -0.05) is 97.3 Å². The van der Waals surface area contributed by atoms with Crippen LogP contribution >= 0.6 is 0 Å². The summed E-state index contributed by atoms with van der Waals surface area (Å²) < 4.78 is 31.7. The van der Waals surface area contributed by atoms with Crippen molar-refractivity contribution >= 4 is 10.1 Å². The molecule has 0 aromatic carbocycles. The molecule has 2 unspecified atom stereocenters. The van der Waals surface area contributed by atoms with Crippen LogP contribution in [0.25, 0.3) is 0 Å². The van der Waals surface area contributed by atoms with Crippen molar-refractivity contribution in [1.29, 1.82) is 0 Å². The Hall–Kier alpha value is -0.130. The fourth-order valence-corrected chi connectivity index (χ4v) is 4.58. The molecule has 4 nitrogen and oxygen atoms in total. The molecule has 26 heavy (non-hydrogen) atoms. The zero-order valence-electron chi connectivity index (χ0n) is 17.3. The van der Waals surface area contributed by atoms with E-state index in [-0.39, 0.29) is 6.10 Å². The molecule has 0 radical (unpaired) electrons. The zero-order chi connectivity index (χ0) is 19.7. The fourth-order valence-electron chi connectivity index (χ4n) is 3.58. The van der Waals surface area contributed by atoms with E-state index in [9.17, 15) is 18.1 Å². The first kappa shape index (κ1) is 25.9. The number of aliphatic hydroxyl groups is 1. The van der Waals surface area contributed by atoms with E-state index < -0.39 is 15.4 Å². The standard InChI is InChI=1S/C21H44O4S/c1-3-16-20(22)18-14-12-10-8-6-5-7-9-11-13-15-19-21(17-4-2)26(23,24)25/h20-22H,3-19H2,1-2H3,(H,23,24,25). The van der Waals surface area contributed by atoms with E-state index in [1.807, 2.05) is 6.92 Å². The number of unbranched alkanes of at least 4 members (excludes halogenated alkanes) is 10. The molecule has 158 valence electrons. The zero-order valence-corrected chi connectivity index (χ0v) is 18.1. The van der Waals surface area contributed by atoms with E-state index in [1.165, 1.54) is 51.4 Å². The van der Waals surface area contributed by atoms with Crippen molar-refractivity contribution in [2.45, 2.75) is 134 Å². The minimum Gasteiger partial charge on any atom is -0.393 e. The fraction of sp³-hybridized carbons (Fsp3) is 1.00. The number of aliphatic hydroxyl groups excluding tert-OH is 1. The highest BCUT2D eigenvalue weighted by Gasteiger charge is 2.20. The number of hydrogen-bond donors (Lipinski definition) is 2. The predicted molar refractivity (Wildman–Crippen MR) is 111 cm³/mol. The maximum absolute atomic E-state index is 11.3. The van der Waals surface area contributed by atoms with Gasteiger partial charge in [0.1, 0.15) is 0 Å². The lowest BCUT2D eigenvalue weighted by atomic mass is 10.0. The molecule has 0 spiro atoms. The maximum atomic E-state index is 11.3. The first-order valence-electron chi connectivity index (χ1n) is 11.1. The summed E-state index contributed by atoms with van der Waals surface area (Å²) in [5, 5.41) is 9.11. The van der Waals surface area contributed by atoms with Gasteiger partial charge in [-0.15, -0.1) is 0 Å². The first-order chi connectivity index (χ1) is 12.4. The van der Waals surface area contributed by atoms with Crippen LogP contribution in [0.15, 0.2) is 0 Å². The smallest absolute Gasteiger partial charge is 0.267 e. The second kappa shape index (κ2) is 17.0. The summed E-state index contributed by atoms with van der Waals surface area (Å²) in [7, 11) is -3.86. The Kier molecular flexibility index (Phi) is 16.9. The summed E-state index contributed by atoms with van der Waals surface area (Å²) in [6.45, 7) is 4.07. The van der Waals surface area contributed by atoms with Crippen molar-refractivity contribution in [3.8, 4) is 0 Å². The van der Waals surface area contributed by atoms with E-state index in [0.717, 1.165) is 44.9 Å². The van der Waals surface area contributed by atoms with Gasteiger partial charge >= 0.3 is 0 Å². The Morgan fingerprint density at radius 1 is 0.615 bits per heavy atom. The van der Waals surface area contributed by atoms with Gasteiger partial charge in [-0.25, -0.2) is 0 Å². The highest BCUT2D eigenvalue weighted by molar-refractivity contribution is 7.86. The molecule has 0 rings (SSSR count). The maximum Gasteiger partial charge on any atom is 0.267 e. The van der Waals surface area contributed by atoms with Gasteiger partial charge in [-0.05, 0) is 25.7 Å². The summed E-state index contributed by atoms with van der Waals surface area (Å²) >= 11 is 0. The average molecular weight is 393 g/mol. The number of hydrogen-bond acceptors (Lipinski definition) is 3. The van der Waals surface area contributed by atoms with E-state index in [4.69, 9.17) is 0 Å². The largest absolute Gasteiger partial charge is 0.393 e. The molecule has 0 aromatic heterocycles. The monoisotopic (exact) mass is 392 g/mol. The molecule has 0 aliphatic rings. The minimum atomic E-state index is -3.86. The molecule has 2 atom stereocenters. The lowest BCUT2D eigenvalue weighted by Crippen LogP contribution is -2.20. The van der Waals surface area contributed by atoms with Gasteiger partial charge < -0.3 is 5.11 Å². The van der Waals surface area contributed by atoms with Crippen molar-refractivity contribution < 1.29 is 18.1 Å². The van der Waals surface area contributed by atoms with Crippen LogP contribution < -0.4 is 0 Å². The van der Waals surface area contributed by atoms with Crippen molar-refractivity contribution in [2.75, 3.05) is 0 Å². The molecular weight excluding hydrogens is 348 g/mol. The van der Waals surface area contributed by atoms with Gasteiger partial charge in [0.25, 0.3) is 10.1 Å². The SMILES string of the molecule is CCCC(O)CCCCCCCCCCCCCC(CCC)S(=O)(=O)O. The summed E-state index contributed by atoms with van der Waals surface area (Å²) in [6.07, 6.45) is 18.1. The average Bonchev–Trinajstić information content (AvgIpc) is 2.57.